The molecule has 1 spiro atoms. The van der Waals surface area contributed by atoms with Crippen molar-refractivity contribution in [3.8, 4) is 5.75 Å². The lowest BCUT2D eigenvalue weighted by molar-refractivity contribution is -0.132. The van der Waals surface area contributed by atoms with Crippen LogP contribution in [0.5, 0.6) is 5.75 Å². The molecule has 0 aromatic heterocycles. The largest absolute Gasteiger partial charge is 0.508 e. The maximum atomic E-state index is 12.6. The Morgan fingerprint density at radius 1 is 1.36 bits per heavy atom. The van der Waals surface area contributed by atoms with E-state index in [-0.39, 0.29) is 11.7 Å². The molecule has 6 heteroatoms. The molecule has 22 heavy (non-hydrogen) atoms. The first kappa shape index (κ1) is 14.6. The van der Waals surface area contributed by atoms with Gasteiger partial charge in [-0.25, -0.2) is 4.79 Å². The average molecular weight is 301 g/mol. The van der Waals surface area contributed by atoms with E-state index in [2.05, 4.69) is 17.3 Å². The third-order valence-electron chi connectivity index (χ3n) is 4.46. The second kappa shape index (κ2) is 5.44. The number of carbonyl (C=O) groups excluding carboxylic acids is 2. The summed E-state index contributed by atoms with van der Waals surface area (Å²) in [6.45, 7) is 2.16. The van der Waals surface area contributed by atoms with E-state index in [1.165, 1.54) is 12.3 Å². The van der Waals surface area contributed by atoms with Gasteiger partial charge >= 0.3 is 6.03 Å². The third kappa shape index (κ3) is 2.56. The molecule has 3 rings (SSSR count). The van der Waals surface area contributed by atoms with Gasteiger partial charge < -0.3 is 10.4 Å². The van der Waals surface area contributed by atoms with Crippen LogP contribution >= 0.6 is 0 Å². The van der Waals surface area contributed by atoms with Crippen molar-refractivity contribution in [3.05, 3.63) is 29.8 Å². The fraction of sp³-hybridized carbons (Fsp3) is 0.438. The molecule has 2 aliphatic rings. The number of rotatable bonds is 2. The molecule has 1 aromatic carbocycles. The number of nitrogens with one attached hydrogen (secondary N) is 1. The van der Waals surface area contributed by atoms with Gasteiger partial charge in [-0.05, 0) is 49.3 Å². The van der Waals surface area contributed by atoms with Gasteiger partial charge in [-0.15, -0.1) is 5.01 Å². The van der Waals surface area contributed by atoms with E-state index in [0.717, 1.165) is 17.9 Å². The molecule has 1 saturated carbocycles. The topological polar surface area (TPSA) is 82.0 Å². The van der Waals surface area contributed by atoms with Gasteiger partial charge in [0.25, 0.3) is 5.91 Å². The Morgan fingerprint density at radius 2 is 2.09 bits per heavy atom. The maximum Gasteiger partial charge on any atom is 0.346 e. The van der Waals surface area contributed by atoms with E-state index in [4.69, 9.17) is 0 Å². The summed E-state index contributed by atoms with van der Waals surface area (Å²) in [7, 11) is 0. The average Bonchev–Trinajstić information content (AvgIpc) is 2.72. The number of carbonyl (C=O) groups is 2. The van der Waals surface area contributed by atoms with Crippen molar-refractivity contribution >= 4 is 18.2 Å². The number of amides is 3. The van der Waals surface area contributed by atoms with Crippen LogP contribution in [0, 0.1) is 5.92 Å². The monoisotopic (exact) mass is 301 g/mol. The molecule has 2 N–H and O–H groups in total. The number of hydrogen-bond acceptors (Lipinski definition) is 4. The number of imide groups is 1. The van der Waals surface area contributed by atoms with E-state index in [0.29, 0.717) is 24.3 Å². The highest BCUT2D eigenvalue weighted by molar-refractivity contribution is 6.07. The molecule has 2 fully saturated rings. The first-order valence-corrected chi connectivity index (χ1v) is 7.50. The van der Waals surface area contributed by atoms with Crippen LogP contribution in [0.4, 0.5) is 4.79 Å². The molecule has 1 heterocycles. The summed E-state index contributed by atoms with van der Waals surface area (Å²) < 4.78 is 0. The van der Waals surface area contributed by atoms with E-state index >= 15 is 0 Å². The molecule has 0 bridgehead atoms. The highest BCUT2D eigenvalue weighted by atomic mass is 16.3. The molecule has 1 aliphatic carbocycles. The van der Waals surface area contributed by atoms with Gasteiger partial charge in [0, 0.05) is 0 Å². The van der Waals surface area contributed by atoms with E-state index in [1.807, 2.05) is 0 Å². The van der Waals surface area contributed by atoms with Crippen LogP contribution in [-0.2, 0) is 4.79 Å². The van der Waals surface area contributed by atoms with Gasteiger partial charge in [0.2, 0.25) is 0 Å². The summed E-state index contributed by atoms with van der Waals surface area (Å²) >= 11 is 0. The summed E-state index contributed by atoms with van der Waals surface area (Å²) in [6.07, 6.45) is 4.59. The summed E-state index contributed by atoms with van der Waals surface area (Å²) in [5, 5.41) is 17.1. The molecular weight excluding hydrogens is 282 g/mol. The van der Waals surface area contributed by atoms with Gasteiger partial charge in [0.05, 0.1) is 6.21 Å². The number of hydrogen-bond donors (Lipinski definition) is 2. The zero-order chi connectivity index (χ0) is 15.7. The van der Waals surface area contributed by atoms with Gasteiger partial charge in [0.1, 0.15) is 11.3 Å². The van der Waals surface area contributed by atoms with Crippen LogP contribution in [0.15, 0.2) is 29.4 Å². The number of hydrazone groups is 1. The highest BCUT2D eigenvalue weighted by Gasteiger charge is 2.52. The van der Waals surface area contributed by atoms with Crippen molar-refractivity contribution in [1.29, 1.82) is 0 Å². The molecule has 116 valence electrons. The smallest absolute Gasteiger partial charge is 0.346 e. The Morgan fingerprint density at radius 3 is 2.77 bits per heavy atom. The second-order valence-corrected chi connectivity index (χ2v) is 6.15. The van der Waals surface area contributed by atoms with Crippen molar-refractivity contribution in [2.45, 2.75) is 38.1 Å². The molecule has 1 saturated heterocycles. The summed E-state index contributed by atoms with van der Waals surface area (Å²) in [6, 6.07) is 5.99. The Hall–Kier alpha value is -2.37. The minimum Gasteiger partial charge on any atom is -0.508 e. The number of phenols is 1. The highest BCUT2D eigenvalue weighted by Crippen LogP contribution is 2.36. The van der Waals surface area contributed by atoms with Gasteiger partial charge in [-0.3, -0.25) is 4.79 Å². The lowest BCUT2D eigenvalue weighted by atomic mass is 9.77. The van der Waals surface area contributed by atoms with Crippen molar-refractivity contribution in [1.82, 2.24) is 10.3 Å². The van der Waals surface area contributed by atoms with Gasteiger partial charge in [0.15, 0.2) is 0 Å². The van der Waals surface area contributed by atoms with E-state index in [1.54, 1.807) is 18.2 Å². The first-order valence-electron chi connectivity index (χ1n) is 7.50. The second-order valence-electron chi connectivity index (χ2n) is 6.15. The van der Waals surface area contributed by atoms with Crippen molar-refractivity contribution in [2.24, 2.45) is 11.0 Å². The fourth-order valence-corrected chi connectivity index (χ4v) is 3.03. The Labute approximate surface area is 128 Å². The molecule has 6 nitrogen and oxygen atoms in total. The Balaban J connectivity index is 1.77. The quantitative estimate of drug-likeness (QED) is 0.649. The normalized spacial score (nSPS) is 28.6. The van der Waals surface area contributed by atoms with Crippen LogP contribution in [0.3, 0.4) is 0 Å². The number of benzene rings is 1. The lowest BCUT2D eigenvalue weighted by Gasteiger charge is -2.33. The third-order valence-corrected chi connectivity index (χ3v) is 4.46. The molecule has 0 radical (unpaired) electrons. The van der Waals surface area contributed by atoms with Crippen LogP contribution < -0.4 is 5.32 Å². The standard InChI is InChI=1S/C16H19N3O3/c1-11-5-7-16(8-6-11)14(21)19(15(22)18-16)17-10-12-3-2-4-13(20)9-12/h2-4,9-11,20H,5-8H2,1H3,(H,18,22)/b17-10+. The van der Waals surface area contributed by atoms with Crippen molar-refractivity contribution < 1.29 is 14.7 Å². The number of phenolic OH excluding ortho intramolecular Hbond substituents is 1. The predicted molar refractivity (Wildman–Crippen MR) is 81.4 cm³/mol. The zero-order valence-corrected chi connectivity index (χ0v) is 12.5. The zero-order valence-electron chi connectivity index (χ0n) is 12.5. The lowest BCUT2D eigenvalue weighted by Crippen LogP contribution is -2.49. The summed E-state index contributed by atoms with van der Waals surface area (Å²) in [4.78, 5) is 24.6. The fourth-order valence-electron chi connectivity index (χ4n) is 3.03. The summed E-state index contributed by atoms with van der Waals surface area (Å²) in [5.74, 6) is 0.417. The van der Waals surface area contributed by atoms with E-state index in [9.17, 15) is 14.7 Å². The van der Waals surface area contributed by atoms with Crippen LogP contribution in [0.1, 0.15) is 38.2 Å². The van der Waals surface area contributed by atoms with Crippen molar-refractivity contribution in [2.75, 3.05) is 0 Å². The van der Waals surface area contributed by atoms with Crippen LogP contribution in [0.25, 0.3) is 0 Å². The van der Waals surface area contributed by atoms with Gasteiger partial charge in [-0.1, -0.05) is 19.1 Å². The van der Waals surface area contributed by atoms with E-state index < -0.39 is 11.6 Å². The molecule has 0 unspecified atom stereocenters. The number of nitrogens with zero attached hydrogens (tertiary/aromatic N) is 2. The predicted octanol–water partition coefficient (Wildman–Crippen LogP) is 2.23. The molecule has 3 amide bonds. The Kier molecular flexibility index (Phi) is 3.60. The molecule has 1 aliphatic heterocycles. The minimum atomic E-state index is -0.778. The summed E-state index contributed by atoms with van der Waals surface area (Å²) in [5.41, 5.74) is -0.154. The van der Waals surface area contributed by atoms with Crippen LogP contribution in [-0.4, -0.2) is 33.8 Å². The van der Waals surface area contributed by atoms with Crippen LogP contribution in [0.2, 0.25) is 0 Å². The first-order chi connectivity index (χ1) is 10.5. The molecular formula is C16H19N3O3. The molecule has 1 aromatic rings. The number of urea groups is 1. The number of aromatic hydroxyl groups is 1. The molecule has 0 atom stereocenters. The van der Waals surface area contributed by atoms with Crippen molar-refractivity contribution in [3.63, 3.8) is 0 Å². The maximum absolute atomic E-state index is 12.6. The minimum absolute atomic E-state index is 0.110. The Bertz CT molecular complexity index is 633. The van der Waals surface area contributed by atoms with Gasteiger partial charge in [-0.2, -0.15) is 5.10 Å². The SMILES string of the molecule is CC1CCC2(CC1)NC(=O)N(/N=C/c1cccc(O)c1)C2=O.